The predicted molar refractivity (Wildman–Crippen MR) is 119 cm³/mol. The number of rotatable bonds is 6. The van der Waals surface area contributed by atoms with Gasteiger partial charge in [0, 0.05) is 18.8 Å². The molecule has 6 nitrogen and oxygen atoms in total. The Hall–Kier alpha value is -3.87. The Kier molecular flexibility index (Phi) is 6.12. The number of nitrogens with one attached hydrogen (secondary N) is 3. The maximum Gasteiger partial charge on any atom is 0.315 e. The van der Waals surface area contributed by atoms with Crippen molar-refractivity contribution in [3.63, 3.8) is 0 Å². The molecule has 0 fully saturated rings. The average molecular weight is 418 g/mol. The number of carbonyl (C=O) groups is 2. The van der Waals surface area contributed by atoms with Gasteiger partial charge in [-0.15, -0.1) is 0 Å². The zero-order chi connectivity index (χ0) is 21.6. The van der Waals surface area contributed by atoms with Gasteiger partial charge in [-0.1, -0.05) is 42.5 Å². The fourth-order valence-electron chi connectivity index (χ4n) is 3.61. The molecule has 0 spiro atoms. The number of anilines is 3. The summed E-state index contributed by atoms with van der Waals surface area (Å²) in [6, 6.07) is 21.2. The quantitative estimate of drug-likeness (QED) is 0.567. The summed E-state index contributed by atoms with van der Waals surface area (Å²) in [6.07, 6.45) is 0.953. The van der Waals surface area contributed by atoms with E-state index >= 15 is 0 Å². The Morgan fingerprint density at radius 1 is 0.871 bits per heavy atom. The first kappa shape index (κ1) is 20.4. The molecule has 3 aromatic rings. The van der Waals surface area contributed by atoms with Gasteiger partial charge in [-0.25, -0.2) is 9.18 Å². The molecule has 0 atom stereocenters. The van der Waals surface area contributed by atoms with Gasteiger partial charge in [-0.2, -0.15) is 0 Å². The summed E-state index contributed by atoms with van der Waals surface area (Å²) in [5.41, 5.74) is 4.80. The molecule has 0 bridgehead atoms. The van der Waals surface area contributed by atoms with E-state index in [1.807, 2.05) is 36.4 Å². The normalized spacial score (nSPS) is 12.2. The lowest BCUT2D eigenvalue weighted by Crippen LogP contribution is -2.39. The van der Waals surface area contributed by atoms with Crippen molar-refractivity contribution in [2.45, 2.75) is 13.0 Å². The summed E-state index contributed by atoms with van der Waals surface area (Å²) >= 11 is 0. The standard InChI is InChI=1S/C24H23FN4O2/c25-19-11-9-17(10-12-19)15-26-24(31)27-16-23(30)28-20-6-2-4-8-22(20)29-14-13-18-5-1-3-7-21(18)29/h1-12H,13-16H2,(H,28,30)(H2,26,27,31). The van der Waals surface area contributed by atoms with Crippen LogP contribution >= 0.6 is 0 Å². The molecule has 0 unspecified atom stereocenters. The van der Waals surface area contributed by atoms with E-state index in [0.717, 1.165) is 29.9 Å². The molecule has 0 aliphatic carbocycles. The molecular formula is C24H23FN4O2. The fourth-order valence-corrected chi connectivity index (χ4v) is 3.61. The molecule has 7 heteroatoms. The van der Waals surface area contributed by atoms with Crippen LogP contribution in [-0.4, -0.2) is 25.0 Å². The molecule has 158 valence electrons. The number of amides is 3. The third-order valence-corrected chi connectivity index (χ3v) is 5.13. The van der Waals surface area contributed by atoms with E-state index in [-0.39, 0.29) is 24.8 Å². The van der Waals surface area contributed by atoms with E-state index in [4.69, 9.17) is 0 Å². The molecule has 0 radical (unpaired) electrons. The van der Waals surface area contributed by atoms with E-state index in [2.05, 4.69) is 33.0 Å². The van der Waals surface area contributed by atoms with Crippen molar-refractivity contribution in [2.24, 2.45) is 0 Å². The van der Waals surface area contributed by atoms with E-state index in [9.17, 15) is 14.0 Å². The van der Waals surface area contributed by atoms with Gasteiger partial charge < -0.3 is 20.9 Å². The molecule has 31 heavy (non-hydrogen) atoms. The first-order chi connectivity index (χ1) is 15.1. The Morgan fingerprint density at radius 2 is 1.58 bits per heavy atom. The van der Waals surface area contributed by atoms with Crippen molar-refractivity contribution in [2.75, 3.05) is 23.3 Å². The zero-order valence-electron chi connectivity index (χ0n) is 16.9. The van der Waals surface area contributed by atoms with Crippen molar-refractivity contribution in [1.29, 1.82) is 0 Å². The summed E-state index contributed by atoms with van der Waals surface area (Å²) in [5.74, 6) is -0.653. The van der Waals surface area contributed by atoms with Crippen LogP contribution < -0.4 is 20.9 Å². The Bertz CT molecular complexity index is 1080. The summed E-state index contributed by atoms with van der Waals surface area (Å²) < 4.78 is 12.9. The molecule has 1 aliphatic rings. The van der Waals surface area contributed by atoms with Gasteiger partial charge in [0.15, 0.2) is 0 Å². The van der Waals surface area contributed by atoms with Gasteiger partial charge in [-0.05, 0) is 47.9 Å². The van der Waals surface area contributed by atoms with Crippen LogP contribution in [0.25, 0.3) is 0 Å². The van der Waals surface area contributed by atoms with Gasteiger partial charge in [0.1, 0.15) is 5.82 Å². The monoisotopic (exact) mass is 418 g/mol. The van der Waals surface area contributed by atoms with Crippen LogP contribution in [0.4, 0.5) is 26.2 Å². The number of carbonyl (C=O) groups excluding carboxylic acids is 2. The van der Waals surface area contributed by atoms with E-state index in [1.54, 1.807) is 12.1 Å². The van der Waals surface area contributed by atoms with Gasteiger partial charge in [0.05, 0.1) is 17.9 Å². The SMILES string of the molecule is O=C(CNC(=O)NCc1ccc(F)cc1)Nc1ccccc1N1CCc2ccccc21. The lowest BCUT2D eigenvalue weighted by molar-refractivity contribution is -0.115. The third-order valence-electron chi connectivity index (χ3n) is 5.13. The average Bonchev–Trinajstić information content (AvgIpc) is 3.22. The van der Waals surface area contributed by atoms with Crippen LogP contribution in [0, 0.1) is 5.82 Å². The summed E-state index contributed by atoms with van der Waals surface area (Å²) in [5, 5.41) is 8.07. The minimum absolute atomic E-state index is 0.166. The van der Waals surface area contributed by atoms with Crippen LogP contribution in [0.15, 0.2) is 72.8 Å². The highest BCUT2D eigenvalue weighted by molar-refractivity contribution is 5.98. The van der Waals surface area contributed by atoms with Crippen molar-refractivity contribution < 1.29 is 14.0 Å². The molecule has 1 heterocycles. The Morgan fingerprint density at radius 3 is 2.39 bits per heavy atom. The molecule has 3 amide bonds. The number of benzene rings is 3. The number of urea groups is 1. The minimum Gasteiger partial charge on any atom is -0.339 e. The highest BCUT2D eigenvalue weighted by Crippen LogP contribution is 2.37. The molecule has 1 aliphatic heterocycles. The lowest BCUT2D eigenvalue weighted by atomic mass is 10.2. The molecule has 0 saturated heterocycles. The van der Waals surface area contributed by atoms with Crippen molar-refractivity contribution in [3.05, 3.63) is 89.7 Å². The van der Waals surface area contributed by atoms with Crippen molar-refractivity contribution in [3.8, 4) is 0 Å². The number of hydrogen-bond acceptors (Lipinski definition) is 3. The largest absolute Gasteiger partial charge is 0.339 e. The molecule has 0 saturated carbocycles. The van der Waals surface area contributed by atoms with Crippen LogP contribution in [0.2, 0.25) is 0 Å². The fraction of sp³-hybridized carbons (Fsp3) is 0.167. The maximum absolute atomic E-state index is 12.9. The first-order valence-electron chi connectivity index (χ1n) is 10.1. The second-order valence-electron chi connectivity index (χ2n) is 7.26. The maximum atomic E-state index is 12.9. The lowest BCUT2D eigenvalue weighted by Gasteiger charge is -2.23. The van der Waals surface area contributed by atoms with Crippen molar-refractivity contribution in [1.82, 2.24) is 10.6 Å². The highest BCUT2D eigenvalue weighted by atomic mass is 19.1. The van der Waals surface area contributed by atoms with Gasteiger partial charge >= 0.3 is 6.03 Å². The summed E-state index contributed by atoms with van der Waals surface area (Å²) in [6.45, 7) is 0.918. The minimum atomic E-state index is -0.471. The second kappa shape index (κ2) is 9.30. The van der Waals surface area contributed by atoms with Crippen molar-refractivity contribution >= 4 is 29.0 Å². The Labute approximate surface area is 180 Å². The zero-order valence-corrected chi connectivity index (χ0v) is 16.9. The van der Waals surface area contributed by atoms with E-state index in [0.29, 0.717) is 5.69 Å². The van der Waals surface area contributed by atoms with Gasteiger partial charge in [-0.3, -0.25) is 4.79 Å². The summed E-state index contributed by atoms with van der Waals surface area (Å²) in [7, 11) is 0. The van der Waals surface area contributed by atoms with E-state index < -0.39 is 6.03 Å². The van der Waals surface area contributed by atoms with E-state index in [1.165, 1.54) is 17.7 Å². The van der Waals surface area contributed by atoms with Gasteiger partial charge in [0.2, 0.25) is 5.91 Å². The number of fused-ring (bicyclic) bond motifs is 1. The van der Waals surface area contributed by atoms with Gasteiger partial charge in [0.25, 0.3) is 0 Å². The first-order valence-corrected chi connectivity index (χ1v) is 10.1. The number of para-hydroxylation sites is 3. The molecular weight excluding hydrogens is 395 g/mol. The molecule has 4 rings (SSSR count). The van der Waals surface area contributed by atoms with Crippen LogP contribution in [0.3, 0.4) is 0 Å². The number of hydrogen-bond donors (Lipinski definition) is 3. The smallest absolute Gasteiger partial charge is 0.315 e. The number of halogens is 1. The molecule has 0 aromatic heterocycles. The second-order valence-corrected chi connectivity index (χ2v) is 7.26. The topological polar surface area (TPSA) is 73.5 Å². The molecule has 3 aromatic carbocycles. The Balaban J connectivity index is 1.32. The molecule has 3 N–H and O–H groups in total. The summed E-state index contributed by atoms with van der Waals surface area (Å²) in [4.78, 5) is 26.6. The third kappa shape index (κ3) is 5.01. The number of nitrogens with zero attached hydrogens (tertiary/aromatic N) is 1. The highest BCUT2D eigenvalue weighted by Gasteiger charge is 2.22. The van der Waals surface area contributed by atoms with Crippen LogP contribution in [-0.2, 0) is 17.8 Å². The predicted octanol–water partition coefficient (Wildman–Crippen LogP) is 3.96. The van der Waals surface area contributed by atoms with Crippen LogP contribution in [0.5, 0.6) is 0 Å². The van der Waals surface area contributed by atoms with Crippen LogP contribution in [0.1, 0.15) is 11.1 Å².